The topological polar surface area (TPSA) is 52.3 Å². The summed E-state index contributed by atoms with van der Waals surface area (Å²) < 4.78 is 0. The number of fused-ring (bicyclic) bond motifs is 1. The summed E-state index contributed by atoms with van der Waals surface area (Å²) in [6.45, 7) is 0.896. The Balaban J connectivity index is 0.000000120. The van der Waals surface area contributed by atoms with Gasteiger partial charge >= 0.3 is 0 Å². The molecule has 0 aliphatic carbocycles. The van der Waals surface area contributed by atoms with Gasteiger partial charge < -0.3 is 5.11 Å². The molecule has 0 unspecified atom stereocenters. The third-order valence-electron chi connectivity index (χ3n) is 0.921. The van der Waals surface area contributed by atoms with Crippen molar-refractivity contribution in [2.24, 2.45) is 0 Å². The van der Waals surface area contributed by atoms with Crippen molar-refractivity contribution in [1.29, 1.82) is 0 Å². The van der Waals surface area contributed by atoms with E-state index in [4.69, 9.17) is 9.90 Å². The molecule has 2 rings (SSSR count). The maximum atomic E-state index is 8.36. The molecule has 0 amide bonds. The molecule has 1 fully saturated rings. The molecule has 50 valence electrons. The third-order valence-corrected chi connectivity index (χ3v) is 1.64. The van der Waals surface area contributed by atoms with Gasteiger partial charge in [0.1, 0.15) is 0 Å². The molecule has 2 aliphatic rings. The lowest BCUT2D eigenvalue weighted by molar-refractivity contribution is -0.122. The molecule has 0 aromatic rings. The van der Waals surface area contributed by atoms with Crippen LogP contribution in [0.5, 0.6) is 0 Å². The van der Waals surface area contributed by atoms with Crippen molar-refractivity contribution in [3.8, 4) is 0 Å². The Bertz CT molecular complexity index is 148. The lowest BCUT2D eigenvalue weighted by Gasteiger charge is -1.88. The van der Waals surface area contributed by atoms with E-state index in [9.17, 15) is 0 Å². The van der Waals surface area contributed by atoms with Crippen molar-refractivity contribution in [3.05, 3.63) is 11.1 Å². The lowest BCUT2D eigenvalue weighted by Crippen LogP contribution is -2.05. The van der Waals surface area contributed by atoms with Crippen LogP contribution in [0.1, 0.15) is 0 Å². The third kappa shape index (κ3) is 1.62. The van der Waals surface area contributed by atoms with Gasteiger partial charge in [0.25, 0.3) is 6.47 Å². The van der Waals surface area contributed by atoms with E-state index in [-0.39, 0.29) is 6.47 Å². The van der Waals surface area contributed by atoms with Gasteiger partial charge in [0.05, 0.1) is 12.2 Å². The largest absolute Gasteiger partial charge is 0.483 e. The van der Waals surface area contributed by atoms with Crippen LogP contribution in [0.3, 0.4) is 0 Å². The van der Waals surface area contributed by atoms with Gasteiger partial charge in [-0.05, 0) is 11.9 Å². The summed E-state index contributed by atoms with van der Waals surface area (Å²) in [4.78, 5) is 11.4. The fourth-order valence-corrected chi connectivity index (χ4v) is 1.18. The van der Waals surface area contributed by atoms with Crippen LogP contribution in [-0.4, -0.2) is 23.1 Å². The second-order valence-electron chi connectivity index (χ2n) is 1.51. The molecule has 2 aliphatic heterocycles. The first-order valence-corrected chi connectivity index (χ1v) is 3.22. The fraction of sp³-hybridized carbons (Fsp3) is 0.250. The monoisotopic (exact) mass is 146 g/mol. The van der Waals surface area contributed by atoms with E-state index in [1.807, 2.05) is 0 Å². The molecule has 9 heavy (non-hydrogen) atoms. The quantitative estimate of drug-likeness (QED) is 0.286. The summed E-state index contributed by atoms with van der Waals surface area (Å²) in [6, 6.07) is 0. The number of nitrogens with zero attached hydrogens (tertiary/aromatic N) is 1. The van der Waals surface area contributed by atoms with Gasteiger partial charge in [-0.3, -0.25) is 9.80 Å². The maximum Gasteiger partial charge on any atom is 0.290 e. The van der Waals surface area contributed by atoms with E-state index in [0.29, 0.717) is 0 Å². The van der Waals surface area contributed by atoms with E-state index in [1.54, 1.807) is 11.9 Å². The molecule has 0 aromatic carbocycles. The summed E-state index contributed by atoms with van der Waals surface area (Å²) in [5, 5.41) is 11.1. The van der Waals surface area contributed by atoms with Crippen LogP contribution in [-0.2, 0) is 4.79 Å². The Hall–Kier alpha value is -0.680. The molecular formula is C4H6N2O2S. The molecule has 4 nitrogen and oxygen atoms in total. The van der Waals surface area contributed by atoms with Gasteiger partial charge in [-0.25, -0.2) is 0 Å². The number of nitrogens with one attached hydrogen (secondary N) is 1. The summed E-state index contributed by atoms with van der Waals surface area (Å²) in [6.07, 6.45) is 0. The smallest absolute Gasteiger partial charge is 0.290 e. The fourth-order valence-electron chi connectivity index (χ4n) is 0.476. The summed E-state index contributed by atoms with van der Waals surface area (Å²) >= 11 is 1.65. The van der Waals surface area contributed by atoms with Crippen LogP contribution >= 0.6 is 11.9 Å². The predicted octanol–water partition coefficient (Wildman–Crippen LogP) is 0.0106. The average molecular weight is 146 g/mol. The van der Waals surface area contributed by atoms with Gasteiger partial charge in [0.2, 0.25) is 0 Å². The Morgan fingerprint density at radius 1 is 2.00 bits per heavy atom. The zero-order valence-corrected chi connectivity index (χ0v) is 5.39. The predicted molar refractivity (Wildman–Crippen MR) is 34.2 cm³/mol. The molecule has 0 aromatic heterocycles. The summed E-state index contributed by atoms with van der Waals surface area (Å²) in [5.74, 6) is 0. The zero-order chi connectivity index (χ0) is 6.69. The van der Waals surface area contributed by atoms with Crippen LogP contribution in [0.2, 0.25) is 0 Å². The van der Waals surface area contributed by atoms with Crippen LogP contribution < -0.4 is 4.83 Å². The standard InChI is InChI=1S/C3H4N2S.CH2O2/c1-3-2-6-4-5(1)3;2-1-3/h2,4H,1H2;1H,(H,2,3). The molecule has 2 heterocycles. The molecule has 0 radical (unpaired) electrons. The van der Waals surface area contributed by atoms with Gasteiger partial charge in [-0.2, -0.15) is 4.83 Å². The average Bonchev–Trinajstić information content (AvgIpc) is 2.43. The molecular weight excluding hydrogens is 140 g/mol. The number of carboxylic acid groups (broad SMARTS) is 1. The van der Waals surface area contributed by atoms with Gasteiger partial charge in [-0.15, -0.1) is 0 Å². The van der Waals surface area contributed by atoms with E-state index in [0.717, 1.165) is 6.54 Å². The van der Waals surface area contributed by atoms with Crippen LogP contribution in [0.25, 0.3) is 0 Å². The molecule has 5 heteroatoms. The number of carbonyl (C=O) groups is 1. The minimum Gasteiger partial charge on any atom is -0.483 e. The summed E-state index contributed by atoms with van der Waals surface area (Å²) in [5.41, 5.74) is 1.43. The van der Waals surface area contributed by atoms with E-state index in [2.05, 4.69) is 15.2 Å². The maximum absolute atomic E-state index is 8.36. The number of hydrogen-bond acceptors (Lipinski definition) is 4. The van der Waals surface area contributed by atoms with Crippen LogP contribution in [0.15, 0.2) is 11.1 Å². The van der Waals surface area contributed by atoms with E-state index >= 15 is 0 Å². The van der Waals surface area contributed by atoms with Crippen molar-refractivity contribution in [1.82, 2.24) is 9.84 Å². The zero-order valence-electron chi connectivity index (χ0n) is 4.57. The van der Waals surface area contributed by atoms with Crippen LogP contribution in [0, 0.1) is 0 Å². The Morgan fingerprint density at radius 2 is 2.67 bits per heavy atom. The number of hydrogen-bond donors (Lipinski definition) is 2. The molecule has 0 saturated carbocycles. The van der Waals surface area contributed by atoms with Gasteiger partial charge in [0, 0.05) is 5.41 Å². The van der Waals surface area contributed by atoms with Crippen molar-refractivity contribution < 1.29 is 9.90 Å². The van der Waals surface area contributed by atoms with E-state index in [1.165, 1.54) is 5.70 Å². The van der Waals surface area contributed by atoms with Crippen molar-refractivity contribution in [2.75, 3.05) is 6.54 Å². The Morgan fingerprint density at radius 3 is 2.78 bits per heavy atom. The highest BCUT2D eigenvalue weighted by atomic mass is 32.2. The first-order valence-electron chi connectivity index (χ1n) is 2.34. The number of rotatable bonds is 0. The van der Waals surface area contributed by atoms with Gasteiger partial charge in [-0.1, -0.05) is 0 Å². The first kappa shape index (κ1) is 6.44. The molecule has 1 saturated heterocycles. The minimum atomic E-state index is -0.250. The van der Waals surface area contributed by atoms with E-state index < -0.39 is 0 Å². The van der Waals surface area contributed by atoms with Crippen LogP contribution in [0.4, 0.5) is 0 Å². The minimum absolute atomic E-state index is 0.250. The Kier molecular flexibility index (Phi) is 1.96. The highest BCUT2D eigenvalue weighted by Gasteiger charge is 2.28. The van der Waals surface area contributed by atoms with Crippen molar-refractivity contribution in [3.63, 3.8) is 0 Å². The second-order valence-corrected chi connectivity index (χ2v) is 2.16. The molecule has 2 N–H and O–H groups in total. The highest BCUT2D eigenvalue weighted by molar-refractivity contribution is 8.00. The van der Waals surface area contributed by atoms with Gasteiger partial charge in [0.15, 0.2) is 0 Å². The second kappa shape index (κ2) is 2.75. The molecule has 0 spiro atoms. The lowest BCUT2D eigenvalue weighted by atomic mass is 10.8. The van der Waals surface area contributed by atoms with Crippen molar-refractivity contribution >= 4 is 18.4 Å². The first-order chi connectivity index (χ1) is 4.38. The summed E-state index contributed by atoms with van der Waals surface area (Å²) in [7, 11) is 0. The normalized spacial score (nSPS) is 19.1. The highest BCUT2D eigenvalue weighted by Crippen LogP contribution is 2.29. The SMILES string of the molecule is C1=C2CN2NS1.O=CO. The molecule has 0 bridgehead atoms. The van der Waals surface area contributed by atoms with Crippen molar-refractivity contribution in [2.45, 2.75) is 0 Å². The molecule has 0 atom stereocenters. The Labute approximate surface area is 56.6 Å². The number of hydrazine groups is 1.